The quantitative estimate of drug-likeness (QED) is 0.0399. The molecule has 0 spiro atoms. The lowest BCUT2D eigenvalue weighted by atomic mass is 9.43. The number of hydrogen-bond acceptors (Lipinski definition) is 12. The van der Waals surface area contributed by atoms with Gasteiger partial charge in [0.15, 0.2) is 0 Å². The minimum atomic E-state index is -1.04. The zero-order valence-electron chi connectivity index (χ0n) is 95.4. The van der Waals surface area contributed by atoms with Crippen LogP contribution < -0.4 is 21.2 Å². The first-order valence-corrected chi connectivity index (χ1v) is 61.9. The maximum Gasteiger partial charge on any atom is 0.0554 e. The van der Waals surface area contributed by atoms with Crippen molar-refractivity contribution in [3.05, 3.63) is 94.1 Å². The zero-order chi connectivity index (χ0) is 99.7. The molecule has 14 heteroatoms. The van der Waals surface area contributed by atoms with E-state index in [-0.39, 0.29) is 0 Å². The number of nitrogens with zero attached hydrogens (tertiary/aromatic N) is 12. The lowest BCUT2D eigenvalue weighted by Crippen LogP contribution is -2.56. The molecule has 24 aliphatic carbocycles. The summed E-state index contributed by atoms with van der Waals surface area (Å²) in [5, 5.41) is 6.13. The molecule has 0 aliphatic heterocycles. The van der Waals surface area contributed by atoms with Crippen LogP contribution in [0.15, 0.2) is 48.5 Å². The minimum absolute atomic E-state index is 0.460. The third-order valence-electron chi connectivity index (χ3n) is 49.4. The second-order valence-electron chi connectivity index (χ2n) is 59.8. The second-order valence-corrected chi connectivity index (χ2v) is 64.5. The standard InChI is InChI=1S/C126H204N12P2/c1-75-83(35-91-43-111(75)119(91,9)10)59-131(25)67-99-51-107(52-100(127-99)68-132(26)60-84-36-92-44-112(76(84)2)120(92,11)12)139(108-53-101(69-133(27)61-85-37-93-45-113(77(85)3)121(93,13)14)128-102(54-108)70-134(28)62-86-38-94-46-114(78(86)4)122(94,15)16)33-34-140(109-55-103(71-135(29)63-87-39-95-47-115(79(87)5)123(95,17)18)129-104(56-109)72-136(30)64-88-40-96-48-116(80(88)6)124(96,19)20)110-57-105(73-137(31)65-89-41-97-49-117(81(89)7)125(97,21)22)130-106(58-110)74-138(32)66-90-42-98-50-118(82(90)8)126(98,23)24/h51-58,75-98,111-118H,33-50,59-74H2,1-32H3/t75-,76-,77-,78-,79-,80-,81-,82-,83-,84-,85-,86-,87-,88-,89-,90-,91-,92-,93-,94-,95-,96-,97-,98-,111+,112+,113+,114+,115+,116+,117+,118+/m1/s1. The maximum atomic E-state index is 6.09. The molecule has 140 heavy (non-hydrogen) atoms. The van der Waals surface area contributed by atoms with E-state index in [2.05, 4.69) is 310 Å². The van der Waals surface area contributed by atoms with Gasteiger partial charge in [-0.25, -0.2) is 0 Å². The van der Waals surface area contributed by atoms with E-state index in [0.717, 1.165) is 259 Å². The van der Waals surface area contributed by atoms with E-state index in [1.54, 1.807) is 0 Å². The monoisotopic (exact) mass is 1950 g/mol. The topological polar surface area (TPSA) is 77.5 Å². The van der Waals surface area contributed by atoms with Crippen LogP contribution in [0.4, 0.5) is 0 Å². The van der Waals surface area contributed by atoms with E-state index in [1.807, 2.05) is 0 Å². The molecule has 0 saturated heterocycles. The first-order chi connectivity index (χ1) is 65.8. The van der Waals surface area contributed by atoms with Crippen LogP contribution in [0.25, 0.3) is 0 Å². The van der Waals surface area contributed by atoms with Crippen molar-refractivity contribution in [2.45, 2.75) is 321 Å². The largest absolute Gasteiger partial charge is 0.300 e. The third-order valence-corrected chi connectivity index (χ3v) is 54.6. The Morgan fingerprint density at radius 3 is 0.414 bits per heavy atom. The van der Waals surface area contributed by atoms with Crippen LogP contribution in [0.2, 0.25) is 0 Å². The van der Waals surface area contributed by atoms with Crippen molar-refractivity contribution < 1.29 is 0 Å². The number of pyridine rings is 4. The minimum Gasteiger partial charge on any atom is -0.300 e. The molecular weight excluding hydrogens is 1740 g/mol. The van der Waals surface area contributed by atoms with Crippen molar-refractivity contribution in [2.75, 3.05) is 121 Å². The van der Waals surface area contributed by atoms with Gasteiger partial charge in [-0.2, -0.15) is 0 Å². The highest BCUT2D eigenvalue weighted by molar-refractivity contribution is 7.76. The molecule has 778 valence electrons. The summed E-state index contributed by atoms with van der Waals surface area (Å²) in [6.07, 6.45) is 24.4. The molecule has 28 rings (SSSR count). The van der Waals surface area contributed by atoms with Crippen molar-refractivity contribution in [3.8, 4) is 0 Å². The predicted molar refractivity (Wildman–Crippen MR) is 591 cm³/mol. The molecule has 24 aliphatic rings. The van der Waals surface area contributed by atoms with Gasteiger partial charge in [-0.1, -0.05) is 166 Å². The van der Waals surface area contributed by atoms with Gasteiger partial charge in [0.05, 0.1) is 45.6 Å². The van der Waals surface area contributed by atoms with E-state index in [1.165, 1.54) is 170 Å². The van der Waals surface area contributed by atoms with Crippen molar-refractivity contribution in [3.63, 3.8) is 0 Å². The van der Waals surface area contributed by atoms with Gasteiger partial charge < -0.3 is 39.2 Å². The summed E-state index contributed by atoms with van der Waals surface area (Å²) in [6, 6.07) is 21.9. The number of aromatic nitrogens is 4. The Hall–Kier alpha value is -2.86. The van der Waals surface area contributed by atoms with Gasteiger partial charge in [0, 0.05) is 105 Å². The fraction of sp³-hybridized carbons (Fsp3) is 0.841. The summed E-state index contributed by atoms with van der Waals surface area (Å²) in [4.78, 5) is 46.3. The molecule has 0 N–H and O–H groups in total. The summed E-state index contributed by atoms with van der Waals surface area (Å²) in [7, 11) is 17.7. The smallest absolute Gasteiger partial charge is 0.0554 e. The van der Waals surface area contributed by atoms with Gasteiger partial charge in [-0.15, -0.1) is 0 Å². The van der Waals surface area contributed by atoms with Gasteiger partial charge in [-0.3, -0.25) is 19.9 Å². The first kappa shape index (κ1) is 104. The first-order valence-electron chi connectivity index (χ1n) is 58.8. The highest BCUT2D eigenvalue weighted by Gasteiger charge is 2.64. The SMILES string of the molecule is C[C@@H]1[C@@H](CN(C)Cc2cc(P(CCP(c3cc(CN(C)C[C@H]4C[C@@H]5C[C@@H]([C@@H]4C)C5(C)C)nc(CN(C)C[C@H]4C[C@@H]5C[C@@H]([C@@H]4C)C5(C)C)c3)c3cc(CN(C)C[C@H]4C[C@@H]5C[C@@H]([C@@H]4C)C5(C)C)nc(CN(C)C[C@H]4C[C@@H]5C[C@@H]([C@@H]4C)C5(C)C)c3)c3cc(CN(C)C[C@H]4C[C@@H]5C[C@@H]([C@@H]4C)C5(C)C)nc(CN(C)C[C@H]4C[C@@H]5C[C@@H]([C@@H]4C)C5(C)C)c3)cc(CN(C)C[C@H]3C[C@@H]4C[C@@H]([C@@H]3C)C4(C)C)n2)C[C@@H]2C[C@@H]1C2(C)C. The number of hydrogen-bond donors (Lipinski definition) is 0. The van der Waals surface area contributed by atoms with Gasteiger partial charge in [0.1, 0.15) is 0 Å². The molecular formula is C126H204N12P2. The van der Waals surface area contributed by atoms with Crippen LogP contribution in [0.5, 0.6) is 0 Å². The molecule has 24 fully saturated rings. The summed E-state index contributed by atoms with van der Waals surface area (Å²) in [5.74, 6) is 24.8. The third kappa shape index (κ3) is 19.4. The fourth-order valence-corrected chi connectivity index (χ4v) is 44.4. The van der Waals surface area contributed by atoms with E-state index < -0.39 is 15.8 Å². The van der Waals surface area contributed by atoms with E-state index >= 15 is 0 Å². The average Bonchev–Trinajstić information content (AvgIpc) is 0.752. The molecule has 16 bridgehead atoms. The lowest BCUT2D eigenvalue weighted by Gasteiger charge is -2.62. The Bertz CT molecular complexity index is 4150. The highest BCUT2D eigenvalue weighted by Crippen LogP contribution is 2.71. The molecule has 0 aromatic carbocycles. The Kier molecular flexibility index (Phi) is 28.9. The van der Waals surface area contributed by atoms with Crippen LogP contribution in [0, 0.1) is 233 Å². The van der Waals surface area contributed by atoms with Crippen LogP contribution >= 0.6 is 15.8 Å². The molecule has 24 saturated carbocycles. The number of fused-ring (bicyclic) bond motifs is 16. The average molecular weight is 1950 g/mol. The number of rotatable bonds is 39. The molecule has 0 radical (unpaired) electrons. The fourth-order valence-electron chi connectivity index (χ4n) is 38.7. The van der Waals surface area contributed by atoms with E-state index in [0.29, 0.717) is 90.7 Å². The van der Waals surface area contributed by atoms with Crippen LogP contribution in [-0.4, -0.2) is 180 Å². The summed E-state index contributed by atoms with van der Waals surface area (Å²) in [6.45, 7) is 78.7. The summed E-state index contributed by atoms with van der Waals surface area (Å²) in [5.41, 5.74) is 13.9. The van der Waals surface area contributed by atoms with E-state index in [9.17, 15) is 0 Å². The summed E-state index contributed by atoms with van der Waals surface area (Å²) < 4.78 is 0. The maximum absolute atomic E-state index is 6.09. The Morgan fingerprint density at radius 2 is 0.314 bits per heavy atom. The summed E-state index contributed by atoms with van der Waals surface area (Å²) >= 11 is 0. The molecule has 4 heterocycles. The molecule has 12 nitrogen and oxygen atoms in total. The molecule has 0 unspecified atom stereocenters. The molecule has 4 aromatic heterocycles. The Balaban J connectivity index is 0.726. The Morgan fingerprint density at radius 1 is 0.200 bits per heavy atom. The second kappa shape index (κ2) is 38.8. The van der Waals surface area contributed by atoms with Gasteiger partial charge in [0.2, 0.25) is 0 Å². The van der Waals surface area contributed by atoms with Crippen LogP contribution in [-0.2, 0) is 52.4 Å². The van der Waals surface area contributed by atoms with Crippen molar-refractivity contribution in [1.29, 1.82) is 0 Å². The van der Waals surface area contributed by atoms with Crippen molar-refractivity contribution in [2.24, 2.45) is 233 Å². The van der Waals surface area contributed by atoms with Crippen LogP contribution in [0.1, 0.15) is 314 Å². The lowest BCUT2D eigenvalue weighted by molar-refractivity contribution is -0.132. The molecule has 32 atom stereocenters. The van der Waals surface area contributed by atoms with Crippen LogP contribution in [0.3, 0.4) is 0 Å². The predicted octanol–water partition coefficient (Wildman–Crippen LogP) is 24.8. The zero-order valence-corrected chi connectivity index (χ0v) is 97.2. The highest BCUT2D eigenvalue weighted by atomic mass is 31.1. The molecule has 4 aromatic rings. The van der Waals surface area contributed by atoms with E-state index in [4.69, 9.17) is 19.9 Å². The van der Waals surface area contributed by atoms with Gasteiger partial charge in [-0.05, 0) is 490 Å². The van der Waals surface area contributed by atoms with Crippen molar-refractivity contribution in [1.82, 2.24) is 59.1 Å². The Labute approximate surface area is 859 Å². The molecule has 0 amide bonds. The van der Waals surface area contributed by atoms with Gasteiger partial charge >= 0.3 is 0 Å². The normalized spacial score (nSPS) is 39.3. The van der Waals surface area contributed by atoms with Crippen molar-refractivity contribution >= 4 is 37.1 Å². The van der Waals surface area contributed by atoms with Gasteiger partial charge in [0.25, 0.3) is 0 Å².